The molecule has 2 rings (SSSR count). The first-order valence-corrected chi connectivity index (χ1v) is 9.61. The molecule has 0 amide bonds. The second-order valence-corrected chi connectivity index (χ2v) is 8.92. The zero-order valence-corrected chi connectivity index (χ0v) is 14.2. The van der Waals surface area contributed by atoms with Crippen molar-refractivity contribution in [1.29, 1.82) is 0 Å². The van der Waals surface area contributed by atoms with Gasteiger partial charge in [-0.15, -0.1) is 11.3 Å². The minimum Gasteiger partial charge on any atom is -0.314 e. The number of nitrogens with one attached hydrogen (secondary N) is 1. The number of hydrogen-bond donors (Lipinski definition) is 1. The molecule has 20 heavy (non-hydrogen) atoms. The summed E-state index contributed by atoms with van der Waals surface area (Å²) in [4.78, 5) is 0. The lowest BCUT2D eigenvalue weighted by Crippen LogP contribution is -2.50. The van der Waals surface area contributed by atoms with Crippen LogP contribution in [0.3, 0.4) is 0 Å². The maximum absolute atomic E-state index is 12.6. The molecule has 1 saturated heterocycles. The number of sulfonamides is 1. The third-order valence-corrected chi connectivity index (χ3v) is 7.39. The van der Waals surface area contributed by atoms with Crippen LogP contribution in [0.2, 0.25) is 4.34 Å². The highest BCUT2D eigenvalue weighted by Gasteiger charge is 2.34. The summed E-state index contributed by atoms with van der Waals surface area (Å²) in [5.41, 5.74) is 0. The van der Waals surface area contributed by atoms with Gasteiger partial charge in [-0.3, -0.25) is 0 Å². The van der Waals surface area contributed by atoms with Crippen LogP contribution in [0.25, 0.3) is 0 Å². The zero-order chi connectivity index (χ0) is 14.8. The van der Waals surface area contributed by atoms with Gasteiger partial charge in [-0.25, -0.2) is 8.42 Å². The highest BCUT2D eigenvalue weighted by molar-refractivity contribution is 7.91. The lowest BCUT2D eigenvalue weighted by molar-refractivity contribution is 0.204. The predicted octanol–water partition coefficient (Wildman–Crippen LogP) is 2.80. The molecule has 1 aromatic heterocycles. The summed E-state index contributed by atoms with van der Waals surface area (Å²) in [6, 6.07) is 3.66. The molecule has 0 radical (unpaired) electrons. The Morgan fingerprint density at radius 1 is 1.45 bits per heavy atom. The van der Waals surface area contributed by atoms with Crippen molar-refractivity contribution in [3.8, 4) is 0 Å². The van der Waals surface area contributed by atoms with E-state index in [2.05, 4.69) is 19.2 Å². The number of halogens is 1. The van der Waals surface area contributed by atoms with Crippen LogP contribution in [0.1, 0.15) is 26.7 Å². The molecule has 2 atom stereocenters. The fourth-order valence-electron chi connectivity index (χ4n) is 2.73. The maximum atomic E-state index is 12.6. The monoisotopic (exact) mass is 336 g/mol. The molecule has 0 aliphatic carbocycles. The van der Waals surface area contributed by atoms with E-state index < -0.39 is 10.0 Å². The van der Waals surface area contributed by atoms with E-state index in [1.54, 1.807) is 16.4 Å². The van der Waals surface area contributed by atoms with E-state index in [1.807, 2.05) is 0 Å². The SMILES string of the molecule is CCNC1CCN(S(=O)(=O)c2ccc(Cl)s2)CC1CC. The molecule has 0 spiro atoms. The summed E-state index contributed by atoms with van der Waals surface area (Å²) < 4.78 is 27.6. The summed E-state index contributed by atoms with van der Waals surface area (Å²) in [6.45, 7) is 6.29. The molecule has 1 aliphatic heterocycles. The number of rotatable bonds is 5. The fourth-order valence-corrected chi connectivity index (χ4v) is 5.87. The van der Waals surface area contributed by atoms with Crippen LogP contribution in [0.4, 0.5) is 0 Å². The van der Waals surface area contributed by atoms with Crippen LogP contribution < -0.4 is 5.32 Å². The van der Waals surface area contributed by atoms with Gasteiger partial charge in [0.25, 0.3) is 10.0 Å². The van der Waals surface area contributed by atoms with Crippen molar-refractivity contribution in [2.75, 3.05) is 19.6 Å². The van der Waals surface area contributed by atoms with E-state index in [0.717, 1.165) is 30.7 Å². The van der Waals surface area contributed by atoms with Gasteiger partial charge in [-0.05, 0) is 31.0 Å². The molecule has 0 bridgehead atoms. The molecule has 4 nitrogen and oxygen atoms in total. The third-order valence-electron chi connectivity index (χ3n) is 3.83. The van der Waals surface area contributed by atoms with Crippen LogP contribution >= 0.6 is 22.9 Å². The molecule has 1 aliphatic rings. The number of nitrogens with zero attached hydrogens (tertiary/aromatic N) is 1. The minimum absolute atomic E-state index is 0.347. The highest BCUT2D eigenvalue weighted by atomic mass is 35.5. The molecule has 0 saturated carbocycles. The molecule has 2 unspecified atom stereocenters. The first kappa shape index (κ1) is 16.2. The van der Waals surface area contributed by atoms with Crippen molar-refractivity contribution >= 4 is 33.0 Å². The summed E-state index contributed by atoms with van der Waals surface area (Å²) in [6.07, 6.45) is 1.85. The largest absolute Gasteiger partial charge is 0.314 e. The Balaban J connectivity index is 2.14. The van der Waals surface area contributed by atoms with Crippen molar-refractivity contribution in [1.82, 2.24) is 9.62 Å². The zero-order valence-electron chi connectivity index (χ0n) is 11.8. The summed E-state index contributed by atoms with van der Waals surface area (Å²) in [5.74, 6) is 0.369. The topological polar surface area (TPSA) is 49.4 Å². The van der Waals surface area contributed by atoms with Crippen molar-refractivity contribution in [3.05, 3.63) is 16.5 Å². The van der Waals surface area contributed by atoms with Gasteiger partial charge in [0.2, 0.25) is 0 Å². The Morgan fingerprint density at radius 2 is 2.20 bits per heavy atom. The summed E-state index contributed by atoms with van der Waals surface area (Å²) >= 11 is 6.98. The quantitative estimate of drug-likeness (QED) is 0.899. The molecule has 1 N–H and O–H groups in total. The van der Waals surface area contributed by atoms with Gasteiger partial charge < -0.3 is 5.32 Å². The van der Waals surface area contributed by atoms with E-state index in [-0.39, 0.29) is 0 Å². The molecule has 1 aromatic rings. The Bertz CT molecular complexity index is 544. The molecule has 1 fully saturated rings. The lowest BCUT2D eigenvalue weighted by atomic mass is 9.91. The van der Waals surface area contributed by atoms with E-state index in [0.29, 0.717) is 33.6 Å². The minimum atomic E-state index is -3.38. The van der Waals surface area contributed by atoms with Crippen LogP contribution in [-0.2, 0) is 10.0 Å². The third kappa shape index (κ3) is 3.36. The first-order valence-electron chi connectivity index (χ1n) is 6.97. The van der Waals surface area contributed by atoms with E-state index in [1.165, 1.54) is 0 Å². The number of piperidine rings is 1. The van der Waals surface area contributed by atoms with Crippen molar-refractivity contribution in [3.63, 3.8) is 0 Å². The predicted molar refractivity (Wildman–Crippen MR) is 84.0 cm³/mol. The van der Waals surface area contributed by atoms with E-state index in [4.69, 9.17) is 11.6 Å². The van der Waals surface area contributed by atoms with E-state index >= 15 is 0 Å². The molecular weight excluding hydrogens is 316 g/mol. The second-order valence-electron chi connectivity index (χ2n) is 5.04. The maximum Gasteiger partial charge on any atom is 0.252 e. The smallest absolute Gasteiger partial charge is 0.252 e. The molecule has 2 heterocycles. The summed E-state index contributed by atoms with van der Waals surface area (Å²) in [7, 11) is -3.38. The van der Waals surface area contributed by atoms with Crippen molar-refractivity contribution in [2.24, 2.45) is 5.92 Å². The standard InChI is InChI=1S/C13H21ClN2O2S2/c1-3-10-9-16(8-7-11(10)15-4-2)20(17,18)13-6-5-12(14)19-13/h5-6,10-11,15H,3-4,7-9H2,1-2H3. The average Bonchev–Trinajstić information content (AvgIpc) is 2.87. The Labute approximate surface area is 130 Å². The van der Waals surface area contributed by atoms with Crippen LogP contribution in [0, 0.1) is 5.92 Å². The molecule has 7 heteroatoms. The van der Waals surface area contributed by atoms with Gasteiger partial charge in [0.05, 0.1) is 4.34 Å². The van der Waals surface area contributed by atoms with Crippen LogP contribution in [-0.4, -0.2) is 38.4 Å². The number of thiophene rings is 1. The Hall–Kier alpha value is -0.140. The molecule has 114 valence electrons. The van der Waals surface area contributed by atoms with Gasteiger partial charge in [0, 0.05) is 19.1 Å². The average molecular weight is 337 g/mol. The number of hydrogen-bond acceptors (Lipinski definition) is 4. The van der Waals surface area contributed by atoms with Gasteiger partial charge in [-0.2, -0.15) is 4.31 Å². The van der Waals surface area contributed by atoms with Crippen LogP contribution in [0.5, 0.6) is 0 Å². The lowest BCUT2D eigenvalue weighted by Gasteiger charge is -2.37. The fraction of sp³-hybridized carbons (Fsp3) is 0.692. The van der Waals surface area contributed by atoms with Crippen molar-refractivity contribution in [2.45, 2.75) is 36.9 Å². The van der Waals surface area contributed by atoms with Gasteiger partial charge >= 0.3 is 0 Å². The molecule has 0 aromatic carbocycles. The van der Waals surface area contributed by atoms with Gasteiger partial charge in [-0.1, -0.05) is 31.9 Å². The van der Waals surface area contributed by atoms with Crippen LogP contribution in [0.15, 0.2) is 16.3 Å². The first-order chi connectivity index (χ1) is 9.48. The van der Waals surface area contributed by atoms with Crippen molar-refractivity contribution < 1.29 is 8.42 Å². The van der Waals surface area contributed by atoms with Gasteiger partial charge in [0.15, 0.2) is 0 Å². The highest BCUT2D eigenvalue weighted by Crippen LogP contribution is 2.31. The van der Waals surface area contributed by atoms with E-state index in [9.17, 15) is 8.42 Å². The van der Waals surface area contributed by atoms with Gasteiger partial charge in [0.1, 0.15) is 4.21 Å². The normalized spacial score (nSPS) is 24.9. The second kappa shape index (κ2) is 6.75. The summed E-state index contributed by atoms with van der Waals surface area (Å²) in [5, 5.41) is 3.46. The Morgan fingerprint density at radius 3 is 2.75 bits per heavy atom. The molecular formula is C13H21ClN2O2S2. The Kier molecular flexibility index (Phi) is 5.48.